The number of halogens is 1. The number of H-pyrrole nitrogens is 1. The molecule has 0 radical (unpaired) electrons. The molecule has 188 valence electrons. The van der Waals surface area contributed by atoms with E-state index in [0.29, 0.717) is 29.4 Å². The molecule has 3 aromatic rings. The van der Waals surface area contributed by atoms with Crippen LogP contribution in [0.15, 0.2) is 54.9 Å². The maximum Gasteiger partial charge on any atom is 0.276 e. The number of hydrogen-bond acceptors (Lipinski definition) is 5. The van der Waals surface area contributed by atoms with Crippen molar-refractivity contribution in [2.24, 2.45) is 0 Å². The lowest BCUT2D eigenvalue weighted by Gasteiger charge is -2.26. The number of carbonyl (C=O) groups is 3. The normalized spacial score (nSPS) is 13.7. The van der Waals surface area contributed by atoms with Crippen LogP contribution in [0.1, 0.15) is 56.2 Å². The summed E-state index contributed by atoms with van der Waals surface area (Å²) in [4.78, 5) is 46.9. The summed E-state index contributed by atoms with van der Waals surface area (Å²) in [5.41, 5.74) is 1.94. The number of aromatic nitrogens is 2. The Bertz CT molecular complexity index is 1200. The third-order valence-electron chi connectivity index (χ3n) is 5.99. The Labute approximate surface area is 214 Å². The Balaban J connectivity index is 1.28. The number of hydrogen-bond donors (Lipinski definition) is 4. The van der Waals surface area contributed by atoms with Crippen molar-refractivity contribution < 1.29 is 14.4 Å². The van der Waals surface area contributed by atoms with Gasteiger partial charge in [-0.05, 0) is 67.9 Å². The third kappa shape index (κ3) is 6.93. The summed E-state index contributed by atoms with van der Waals surface area (Å²) in [7, 11) is 0. The van der Waals surface area contributed by atoms with Gasteiger partial charge in [-0.1, -0.05) is 30.2 Å². The molecular formula is C26H29ClN6O3. The molecule has 0 unspecified atom stereocenters. The van der Waals surface area contributed by atoms with Crippen molar-refractivity contribution in [2.45, 2.75) is 25.8 Å². The van der Waals surface area contributed by atoms with Gasteiger partial charge in [0.15, 0.2) is 5.69 Å². The van der Waals surface area contributed by atoms with E-state index in [1.807, 2.05) is 12.1 Å². The van der Waals surface area contributed by atoms with Crippen LogP contribution in [0, 0.1) is 0 Å². The molecule has 9 nitrogen and oxygen atoms in total. The van der Waals surface area contributed by atoms with Crippen LogP contribution in [0.2, 0.25) is 5.02 Å². The van der Waals surface area contributed by atoms with E-state index in [0.717, 1.165) is 25.2 Å². The van der Waals surface area contributed by atoms with Gasteiger partial charge < -0.3 is 25.8 Å². The highest BCUT2D eigenvalue weighted by molar-refractivity contribution is 6.30. The molecule has 0 atom stereocenters. The van der Waals surface area contributed by atoms with Crippen molar-refractivity contribution in [3.05, 3.63) is 82.4 Å². The van der Waals surface area contributed by atoms with E-state index in [1.165, 1.54) is 25.6 Å². The number of rotatable bonds is 9. The molecule has 2 aromatic carbocycles. The first-order valence-electron chi connectivity index (χ1n) is 12.0. The predicted molar refractivity (Wildman–Crippen MR) is 138 cm³/mol. The number of likely N-dealkylation sites (tertiary alicyclic amines) is 1. The van der Waals surface area contributed by atoms with Gasteiger partial charge in [0.25, 0.3) is 17.7 Å². The molecule has 0 saturated carbocycles. The molecule has 4 rings (SSSR count). The molecule has 1 aliphatic heterocycles. The Hall–Kier alpha value is -3.69. The molecule has 1 saturated heterocycles. The molecule has 1 fully saturated rings. The lowest BCUT2D eigenvalue weighted by atomic mass is 10.1. The van der Waals surface area contributed by atoms with Crippen molar-refractivity contribution >= 4 is 35.0 Å². The highest BCUT2D eigenvalue weighted by Gasteiger charge is 2.21. The average Bonchev–Trinajstić information content (AvgIpc) is 3.39. The van der Waals surface area contributed by atoms with Gasteiger partial charge in [-0.25, -0.2) is 4.98 Å². The van der Waals surface area contributed by atoms with Crippen molar-refractivity contribution in [2.75, 3.05) is 31.5 Å². The first kappa shape index (κ1) is 25.4. The van der Waals surface area contributed by atoms with Gasteiger partial charge in [0.1, 0.15) is 5.69 Å². The maximum absolute atomic E-state index is 12.8. The first-order valence-corrected chi connectivity index (χ1v) is 12.4. The Kier molecular flexibility index (Phi) is 8.70. The Morgan fingerprint density at radius 2 is 1.72 bits per heavy atom. The van der Waals surface area contributed by atoms with Crippen LogP contribution in [0.5, 0.6) is 0 Å². The molecule has 0 spiro atoms. The van der Waals surface area contributed by atoms with Gasteiger partial charge in [-0.15, -0.1) is 0 Å². The fourth-order valence-corrected chi connectivity index (χ4v) is 4.28. The number of nitrogens with zero attached hydrogens (tertiary/aromatic N) is 2. The van der Waals surface area contributed by atoms with Crippen LogP contribution < -0.4 is 16.0 Å². The summed E-state index contributed by atoms with van der Waals surface area (Å²) in [6.07, 6.45) is 4.96. The highest BCUT2D eigenvalue weighted by atomic mass is 35.5. The summed E-state index contributed by atoms with van der Waals surface area (Å²) in [6.45, 7) is 3.73. The highest BCUT2D eigenvalue weighted by Crippen LogP contribution is 2.14. The molecule has 0 aliphatic carbocycles. The number of amides is 3. The van der Waals surface area contributed by atoms with Crippen LogP contribution in [-0.4, -0.2) is 58.8 Å². The van der Waals surface area contributed by atoms with Crippen molar-refractivity contribution in [3.63, 3.8) is 0 Å². The van der Waals surface area contributed by atoms with E-state index in [4.69, 9.17) is 11.6 Å². The van der Waals surface area contributed by atoms with Crippen molar-refractivity contribution in [1.82, 2.24) is 25.5 Å². The molecule has 10 heteroatoms. The molecular weight excluding hydrogens is 480 g/mol. The first-order chi connectivity index (χ1) is 17.5. The minimum absolute atomic E-state index is 0.00816. The van der Waals surface area contributed by atoms with Crippen LogP contribution in [0.25, 0.3) is 0 Å². The van der Waals surface area contributed by atoms with E-state index in [-0.39, 0.29) is 23.2 Å². The van der Waals surface area contributed by atoms with Gasteiger partial charge in [0.2, 0.25) is 0 Å². The quantitative estimate of drug-likeness (QED) is 0.353. The largest absolute Gasteiger partial charge is 0.349 e. The van der Waals surface area contributed by atoms with Crippen molar-refractivity contribution in [1.29, 1.82) is 0 Å². The number of imidazole rings is 1. The smallest absolute Gasteiger partial charge is 0.276 e. The summed E-state index contributed by atoms with van der Waals surface area (Å²) in [5, 5.41) is 9.02. The minimum atomic E-state index is -0.518. The second-order valence-electron chi connectivity index (χ2n) is 8.63. The number of anilines is 1. The van der Waals surface area contributed by atoms with Gasteiger partial charge in [0.05, 0.1) is 6.33 Å². The van der Waals surface area contributed by atoms with E-state index >= 15 is 0 Å². The summed E-state index contributed by atoms with van der Waals surface area (Å²) in [5.74, 6) is -1.14. The molecule has 4 N–H and O–H groups in total. The number of nitrogens with one attached hydrogen (secondary N) is 4. The molecule has 36 heavy (non-hydrogen) atoms. The van der Waals surface area contributed by atoms with Crippen LogP contribution in [-0.2, 0) is 6.54 Å². The van der Waals surface area contributed by atoms with E-state index in [2.05, 4.69) is 30.8 Å². The minimum Gasteiger partial charge on any atom is -0.349 e. The number of piperidine rings is 1. The second kappa shape index (κ2) is 12.3. The van der Waals surface area contributed by atoms with Crippen LogP contribution in [0.4, 0.5) is 5.69 Å². The van der Waals surface area contributed by atoms with Crippen LogP contribution >= 0.6 is 11.6 Å². The zero-order valence-electron chi connectivity index (χ0n) is 19.9. The number of benzene rings is 2. The average molecular weight is 509 g/mol. The van der Waals surface area contributed by atoms with E-state index < -0.39 is 5.91 Å². The molecule has 1 aromatic heterocycles. The summed E-state index contributed by atoms with van der Waals surface area (Å²) < 4.78 is 0. The van der Waals surface area contributed by atoms with Gasteiger partial charge in [-0.3, -0.25) is 14.4 Å². The second-order valence-corrected chi connectivity index (χ2v) is 9.06. The predicted octanol–water partition coefficient (Wildman–Crippen LogP) is 3.46. The summed E-state index contributed by atoms with van der Waals surface area (Å²) >= 11 is 5.97. The van der Waals surface area contributed by atoms with E-state index in [1.54, 1.807) is 36.4 Å². The molecule has 0 bridgehead atoms. The number of aromatic amines is 1. The molecule has 1 aliphatic rings. The van der Waals surface area contributed by atoms with Crippen LogP contribution in [0.3, 0.4) is 0 Å². The number of carbonyl (C=O) groups excluding carboxylic acids is 3. The topological polar surface area (TPSA) is 119 Å². The van der Waals surface area contributed by atoms with Gasteiger partial charge in [0, 0.05) is 35.9 Å². The Morgan fingerprint density at radius 1 is 0.944 bits per heavy atom. The molecule has 2 heterocycles. The monoisotopic (exact) mass is 508 g/mol. The lowest BCUT2D eigenvalue weighted by Crippen LogP contribution is -2.38. The molecule has 3 amide bonds. The van der Waals surface area contributed by atoms with Crippen molar-refractivity contribution in [3.8, 4) is 0 Å². The SMILES string of the molecule is O=C(NCc1cccc(Cl)c1)c1ccc(NC(=O)c2nc[nH]c2C(=O)NCCN2CCCCC2)cc1. The van der Waals surface area contributed by atoms with Gasteiger partial charge >= 0.3 is 0 Å². The van der Waals surface area contributed by atoms with E-state index in [9.17, 15) is 14.4 Å². The fourth-order valence-electron chi connectivity index (χ4n) is 4.07. The zero-order chi connectivity index (χ0) is 25.3. The standard InChI is InChI=1S/C26H29ClN6O3/c27-20-6-4-5-18(15-20)16-29-24(34)19-7-9-21(10-8-19)32-26(36)23-22(30-17-31-23)25(35)28-11-14-33-12-2-1-3-13-33/h4-10,15,17H,1-3,11-14,16H2,(H,28,35)(H,29,34)(H,30,31)(H,32,36). The summed E-state index contributed by atoms with van der Waals surface area (Å²) in [6, 6.07) is 13.7. The zero-order valence-corrected chi connectivity index (χ0v) is 20.6. The lowest BCUT2D eigenvalue weighted by molar-refractivity contribution is 0.0928. The fraction of sp³-hybridized carbons (Fsp3) is 0.308. The Morgan fingerprint density at radius 3 is 2.47 bits per heavy atom. The van der Waals surface area contributed by atoms with Gasteiger partial charge in [-0.2, -0.15) is 0 Å². The third-order valence-corrected chi connectivity index (χ3v) is 6.23. The maximum atomic E-state index is 12.8.